The van der Waals surface area contributed by atoms with Gasteiger partial charge in [0.1, 0.15) is 5.75 Å². The van der Waals surface area contributed by atoms with Gasteiger partial charge in [-0.1, -0.05) is 6.07 Å². The molecule has 3 rings (SSSR count). The molecule has 1 aliphatic rings. The summed E-state index contributed by atoms with van der Waals surface area (Å²) in [5.41, 5.74) is 10.6. The fourth-order valence-corrected chi connectivity index (χ4v) is 2.67. The van der Waals surface area contributed by atoms with Crippen molar-refractivity contribution in [3.63, 3.8) is 0 Å². The van der Waals surface area contributed by atoms with Crippen LogP contribution < -0.4 is 10.5 Å². The maximum absolute atomic E-state index is 5.69. The number of fused-ring (bicyclic) bond motifs is 1. The second-order valence-electron chi connectivity index (χ2n) is 4.94. The second-order valence-corrected chi connectivity index (χ2v) is 4.94. The summed E-state index contributed by atoms with van der Waals surface area (Å²) in [6.45, 7) is 1.47. The lowest BCUT2D eigenvalue weighted by atomic mass is 9.98. The van der Waals surface area contributed by atoms with Crippen LogP contribution in [0.5, 0.6) is 5.75 Å². The van der Waals surface area contributed by atoms with Gasteiger partial charge in [-0.3, -0.25) is 4.68 Å². The molecule has 1 aromatic heterocycles. The first-order valence-electron chi connectivity index (χ1n) is 6.76. The van der Waals surface area contributed by atoms with Gasteiger partial charge in [-0.25, -0.2) is 0 Å². The van der Waals surface area contributed by atoms with E-state index < -0.39 is 0 Å². The fourth-order valence-electron chi connectivity index (χ4n) is 2.67. The molecule has 0 atom stereocenters. The van der Waals surface area contributed by atoms with E-state index in [0.717, 1.165) is 31.6 Å². The Morgan fingerprint density at radius 2 is 2.32 bits per heavy atom. The lowest BCUT2D eigenvalue weighted by Gasteiger charge is -2.18. The molecule has 0 aliphatic carbocycles. The van der Waals surface area contributed by atoms with Crippen LogP contribution in [0, 0.1) is 0 Å². The fraction of sp³-hybridized carbons (Fsp3) is 0.400. The van der Waals surface area contributed by atoms with E-state index >= 15 is 0 Å². The normalized spacial score (nSPS) is 14.0. The lowest BCUT2D eigenvalue weighted by molar-refractivity contribution is 0.288. The Kier molecular flexibility index (Phi) is 3.25. The van der Waals surface area contributed by atoms with Crippen LogP contribution in [-0.2, 0) is 19.9 Å². The van der Waals surface area contributed by atoms with E-state index in [4.69, 9.17) is 10.5 Å². The molecule has 1 aliphatic heterocycles. The number of nitrogens with zero attached hydrogens (tertiary/aromatic N) is 2. The highest BCUT2D eigenvalue weighted by molar-refractivity contribution is 5.67. The van der Waals surface area contributed by atoms with Crippen LogP contribution in [-0.4, -0.2) is 22.9 Å². The van der Waals surface area contributed by atoms with Crippen LogP contribution >= 0.6 is 0 Å². The minimum absolute atomic E-state index is 0.639. The minimum Gasteiger partial charge on any atom is -0.493 e. The molecule has 0 fully saturated rings. The Balaban J connectivity index is 2.02. The van der Waals surface area contributed by atoms with Crippen LogP contribution in [0.25, 0.3) is 11.1 Å². The molecule has 2 aromatic rings. The van der Waals surface area contributed by atoms with Crippen LogP contribution in [0.1, 0.15) is 17.7 Å². The first-order chi connectivity index (χ1) is 9.29. The Morgan fingerprint density at radius 3 is 3.16 bits per heavy atom. The van der Waals surface area contributed by atoms with E-state index in [1.165, 1.54) is 22.4 Å². The summed E-state index contributed by atoms with van der Waals surface area (Å²) >= 11 is 0. The first kappa shape index (κ1) is 12.2. The summed E-state index contributed by atoms with van der Waals surface area (Å²) in [6.07, 6.45) is 4.96. The van der Waals surface area contributed by atoms with Gasteiger partial charge in [0, 0.05) is 24.7 Å². The van der Waals surface area contributed by atoms with Crippen LogP contribution in [0.15, 0.2) is 24.4 Å². The molecule has 4 nitrogen and oxygen atoms in total. The van der Waals surface area contributed by atoms with Crippen molar-refractivity contribution < 1.29 is 4.74 Å². The van der Waals surface area contributed by atoms with Gasteiger partial charge in [-0.2, -0.15) is 5.10 Å². The lowest BCUT2D eigenvalue weighted by Crippen LogP contribution is -2.09. The molecule has 19 heavy (non-hydrogen) atoms. The Morgan fingerprint density at radius 1 is 1.42 bits per heavy atom. The summed E-state index contributed by atoms with van der Waals surface area (Å²) in [6, 6.07) is 6.41. The van der Waals surface area contributed by atoms with E-state index in [9.17, 15) is 0 Å². The number of ether oxygens (including phenoxy) is 1. The Bertz CT molecular complexity index is 589. The quantitative estimate of drug-likeness (QED) is 0.914. The van der Waals surface area contributed by atoms with Gasteiger partial charge in [0.15, 0.2) is 0 Å². The van der Waals surface area contributed by atoms with E-state index in [1.807, 2.05) is 17.9 Å². The molecule has 0 unspecified atom stereocenters. The van der Waals surface area contributed by atoms with E-state index in [1.54, 1.807) is 0 Å². The van der Waals surface area contributed by atoms with Crippen molar-refractivity contribution in [2.75, 3.05) is 13.2 Å². The molecule has 1 aromatic carbocycles. The van der Waals surface area contributed by atoms with Crippen molar-refractivity contribution in [1.29, 1.82) is 0 Å². The van der Waals surface area contributed by atoms with Crippen molar-refractivity contribution in [2.24, 2.45) is 12.8 Å². The average molecular weight is 257 g/mol. The zero-order chi connectivity index (χ0) is 13.2. The van der Waals surface area contributed by atoms with Gasteiger partial charge < -0.3 is 10.5 Å². The van der Waals surface area contributed by atoms with Gasteiger partial charge in [0.25, 0.3) is 0 Å². The highest BCUT2D eigenvalue weighted by Gasteiger charge is 2.14. The van der Waals surface area contributed by atoms with Crippen molar-refractivity contribution in [1.82, 2.24) is 9.78 Å². The Labute approximate surface area is 113 Å². The first-order valence-corrected chi connectivity index (χ1v) is 6.76. The smallest absolute Gasteiger partial charge is 0.122 e. The van der Waals surface area contributed by atoms with Crippen molar-refractivity contribution in [2.45, 2.75) is 19.3 Å². The third-order valence-corrected chi connectivity index (χ3v) is 3.66. The van der Waals surface area contributed by atoms with E-state index in [-0.39, 0.29) is 0 Å². The highest BCUT2D eigenvalue weighted by Crippen LogP contribution is 2.31. The molecule has 0 saturated heterocycles. The molecule has 0 amide bonds. The zero-order valence-electron chi connectivity index (χ0n) is 11.2. The number of hydrogen-bond donors (Lipinski definition) is 1. The third-order valence-electron chi connectivity index (χ3n) is 3.66. The predicted octanol–water partition coefficient (Wildman–Crippen LogP) is 1.91. The summed E-state index contributed by atoms with van der Waals surface area (Å²) in [5, 5.41) is 4.35. The van der Waals surface area contributed by atoms with E-state index in [2.05, 4.69) is 23.3 Å². The number of aryl methyl sites for hydroxylation is 2. The predicted molar refractivity (Wildman–Crippen MR) is 75.2 cm³/mol. The standard InChI is InChI=1S/C15H19N3O/c1-18-14(6-7-16)13(10-17-18)11-4-5-15-12(9-11)3-2-8-19-15/h4-5,9-10H,2-3,6-8,16H2,1H3. The van der Waals surface area contributed by atoms with Crippen molar-refractivity contribution in [3.05, 3.63) is 35.7 Å². The number of hydrogen-bond acceptors (Lipinski definition) is 3. The highest BCUT2D eigenvalue weighted by atomic mass is 16.5. The average Bonchev–Trinajstić information content (AvgIpc) is 2.80. The van der Waals surface area contributed by atoms with Gasteiger partial charge in [-0.15, -0.1) is 0 Å². The Hall–Kier alpha value is -1.81. The molecule has 2 heterocycles. The second kappa shape index (κ2) is 5.05. The monoisotopic (exact) mass is 257 g/mol. The molecule has 2 N–H and O–H groups in total. The van der Waals surface area contributed by atoms with E-state index in [0.29, 0.717) is 6.54 Å². The van der Waals surface area contributed by atoms with Gasteiger partial charge in [0.05, 0.1) is 12.8 Å². The third kappa shape index (κ3) is 2.24. The molecular weight excluding hydrogens is 238 g/mol. The number of nitrogens with two attached hydrogens (primary N) is 1. The maximum atomic E-state index is 5.69. The summed E-state index contributed by atoms with van der Waals surface area (Å²) < 4.78 is 7.57. The molecule has 0 radical (unpaired) electrons. The number of benzene rings is 1. The van der Waals surface area contributed by atoms with Crippen molar-refractivity contribution >= 4 is 0 Å². The van der Waals surface area contributed by atoms with Crippen LogP contribution in [0.3, 0.4) is 0 Å². The topological polar surface area (TPSA) is 53.1 Å². The summed E-state index contributed by atoms with van der Waals surface area (Å²) in [4.78, 5) is 0. The summed E-state index contributed by atoms with van der Waals surface area (Å²) in [7, 11) is 1.97. The number of rotatable bonds is 3. The molecule has 0 bridgehead atoms. The molecule has 0 spiro atoms. The maximum Gasteiger partial charge on any atom is 0.122 e. The molecular formula is C15H19N3O. The van der Waals surface area contributed by atoms with Crippen molar-refractivity contribution in [3.8, 4) is 16.9 Å². The van der Waals surface area contributed by atoms with Gasteiger partial charge in [0.2, 0.25) is 0 Å². The van der Waals surface area contributed by atoms with Gasteiger partial charge in [-0.05, 0) is 42.6 Å². The van der Waals surface area contributed by atoms with Crippen LogP contribution in [0.4, 0.5) is 0 Å². The molecule has 100 valence electrons. The van der Waals surface area contributed by atoms with Gasteiger partial charge >= 0.3 is 0 Å². The van der Waals surface area contributed by atoms with Crippen LogP contribution in [0.2, 0.25) is 0 Å². The SMILES string of the molecule is Cn1ncc(-c2ccc3c(c2)CCCO3)c1CCN. The summed E-state index contributed by atoms with van der Waals surface area (Å²) in [5.74, 6) is 1.03. The molecule has 4 heteroatoms. The minimum atomic E-state index is 0.639. The zero-order valence-corrected chi connectivity index (χ0v) is 11.2. The largest absolute Gasteiger partial charge is 0.493 e. The number of aromatic nitrogens is 2. The molecule has 0 saturated carbocycles.